The Balaban J connectivity index is 2.05. The number of thiazole rings is 1. The van der Waals surface area contributed by atoms with Crippen LogP contribution in [0.1, 0.15) is 59.1 Å². The van der Waals surface area contributed by atoms with Crippen LogP contribution >= 0.6 is 22.7 Å². The zero-order valence-corrected chi connectivity index (χ0v) is 14.8. The number of nitrogens with zero attached hydrogens (tertiary/aromatic N) is 1. The summed E-state index contributed by atoms with van der Waals surface area (Å²) in [4.78, 5) is 8.88. The van der Waals surface area contributed by atoms with Crippen molar-refractivity contribution in [2.45, 2.75) is 59.5 Å². The topological polar surface area (TPSA) is 24.9 Å². The minimum atomic E-state index is 0.137. The molecule has 2 aromatic rings. The zero-order valence-electron chi connectivity index (χ0n) is 13.2. The first-order valence-corrected chi connectivity index (χ1v) is 8.67. The van der Waals surface area contributed by atoms with E-state index in [1.165, 1.54) is 25.3 Å². The van der Waals surface area contributed by atoms with Crippen LogP contribution in [0.2, 0.25) is 0 Å². The summed E-state index contributed by atoms with van der Waals surface area (Å²) < 4.78 is 0. The fourth-order valence-electron chi connectivity index (χ4n) is 2.06. The van der Waals surface area contributed by atoms with Crippen molar-refractivity contribution in [1.29, 1.82) is 0 Å². The standard InChI is InChI=1S/C16H24N2S2/c1-10-7-8-13(19-10)9-17-11(2)14-12(3)18-15(20-14)16(4,5)6/h7-8,11,17H,9H2,1-6H3. The first kappa shape index (κ1) is 15.7. The molecule has 1 atom stereocenters. The maximum atomic E-state index is 4.74. The molecule has 0 spiro atoms. The van der Waals surface area contributed by atoms with Crippen LogP contribution in [0, 0.1) is 13.8 Å². The van der Waals surface area contributed by atoms with E-state index in [2.05, 4.69) is 59.0 Å². The molecule has 110 valence electrons. The molecule has 0 saturated carbocycles. The minimum absolute atomic E-state index is 0.137. The highest BCUT2D eigenvalue weighted by Crippen LogP contribution is 2.32. The molecule has 2 aromatic heterocycles. The molecule has 0 aliphatic rings. The monoisotopic (exact) mass is 308 g/mol. The smallest absolute Gasteiger partial charge is 0.0985 e. The van der Waals surface area contributed by atoms with Crippen LogP contribution in [-0.2, 0) is 12.0 Å². The predicted octanol–water partition coefficient (Wildman–Crippen LogP) is 4.97. The molecule has 0 bridgehead atoms. The van der Waals surface area contributed by atoms with E-state index >= 15 is 0 Å². The van der Waals surface area contributed by atoms with Crippen molar-refractivity contribution >= 4 is 22.7 Å². The van der Waals surface area contributed by atoms with Crippen LogP contribution in [0.15, 0.2) is 12.1 Å². The predicted molar refractivity (Wildman–Crippen MR) is 89.9 cm³/mol. The van der Waals surface area contributed by atoms with Gasteiger partial charge in [0.25, 0.3) is 0 Å². The van der Waals surface area contributed by atoms with E-state index in [4.69, 9.17) is 4.98 Å². The van der Waals surface area contributed by atoms with Gasteiger partial charge in [0, 0.05) is 32.6 Å². The SMILES string of the molecule is Cc1ccc(CNC(C)c2sc(C(C)(C)C)nc2C)s1. The second kappa shape index (κ2) is 5.96. The molecule has 1 N–H and O–H groups in total. The second-order valence-electron chi connectivity index (χ2n) is 6.33. The van der Waals surface area contributed by atoms with E-state index in [1.807, 2.05) is 22.7 Å². The van der Waals surface area contributed by atoms with Gasteiger partial charge < -0.3 is 5.32 Å². The molecule has 2 heterocycles. The van der Waals surface area contributed by atoms with Crippen LogP contribution in [0.5, 0.6) is 0 Å². The Hall–Kier alpha value is -0.710. The molecular weight excluding hydrogens is 284 g/mol. The van der Waals surface area contributed by atoms with Crippen LogP contribution < -0.4 is 5.32 Å². The lowest BCUT2D eigenvalue weighted by molar-refractivity contribution is 0.580. The lowest BCUT2D eigenvalue weighted by Gasteiger charge is -2.14. The lowest BCUT2D eigenvalue weighted by atomic mass is 9.98. The summed E-state index contributed by atoms with van der Waals surface area (Å²) in [6, 6.07) is 4.74. The molecule has 0 fully saturated rings. The molecule has 20 heavy (non-hydrogen) atoms. The van der Waals surface area contributed by atoms with Crippen molar-refractivity contribution in [2.75, 3.05) is 0 Å². The van der Waals surface area contributed by atoms with Crippen LogP contribution in [0.3, 0.4) is 0 Å². The van der Waals surface area contributed by atoms with Gasteiger partial charge >= 0.3 is 0 Å². The quantitative estimate of drug-likeness (QED) is 0.862. The molecule has 2 nitrogen and oxygen atoms in total. The largest absolute Gasteiger partial charge is 0.304 e. The Morgan fingerprint density at radius 2 is 1.90 bits per heavy atom. The van der Waals surface area contributed by atoms with E-state index in [9.17, 15) is 0 Å². The van der Waals surface area contributed by atoms with Crippen molar-refractivity contribution in [3.63, 3.8) is 0 Å². The van der Waals surface area contributed by atoms with Gasteiger partial charge in [-0.2, -0.15) is 0 Å². The Kier molecular flexibility index (Phi) is 4.67. The van der Waals surface area contributed by atoms with Gasteiger partial charge in [0.2, 0.25) is 0 Å². The van der Waals surface area contributed by atoms with Gasteiger partial charge in [0.05, 0.1) is 10.7 Å². The van der Waals surface area contributed by atoms with Crippen molar-refractivity contribution < 1.29 is 0 Å². The molecule has 0 aromatic carbocycles. The Bertz CT molecular complexity index is 576. The summed E-state index contributed by atoms with van der Waals surface area (Å²) in [5.74, 6) is 0. The number of nitrogens with one attached hydrogen (secondary N) is 1. The molecule has 0 amide bonds. The highest BCUT2D eigenvalue weighted by molar-refractivity contribution is 7.12. The number of thiophene rings is 1. The second-order valence-corrected chi connectivity index (χ2v) is 8.74. The third-order valence-electron chi connectivity index (χ3n) is 3.25. The van der Waals surface area contributed by atoms with Crippen LogP contribution in [0.25, 0.3) is 0 Å². The summed E-state index contributed by atoms with van der Waals surface area (Å²) in [6.45, 7) is 14.1. The summed E-state index contributed by atoms with van der Waals surface area (Å²) in [5, 5.41) is 4.84. The van der Waals surface area contributed by atoms with Gasteiger partial charge in [-0.3, -0.25) is 0 Å². The number of aromatic nitrogens is 1. The molecule has 0 saturated heterocycles. The van der Waals surface area contributed by atoms with E-state index in [-0.39, 0.29) is 5.41 Å². The molecule has 4 heteroatoms. The zero-order chi connectivity index (χ0) is 14.9. The molecular formula is C16H24N2S2. The Labute approximate surface area is 130 Å². The van der Waals surface area contributed by atoms with Crippen molar-refractivity contribution in [3.8, 4) is 0 Å². The normalized spacial score (nSPS) is 13.7. The van der Waals surface area contributed by atoms with Crippen molar-refractivity contribution in [3.05, 3.63) is 37.5 Å². The van der Waals surface area contributed by atoms with E-state index in [0.29, 0.717) is 6.04 Å². The van der Waals surface area contributed by atoms with Crippen molar-refractivity contribution in [2.24, 2.45) is 0 Å². The number of rotatable bonds is 4. The van der Waals surface area contributed by atoms with Gasteiger partial charge in [-0.05, 0) is 32.9 Å². The number of aryl methyl sites for hydroxylation is 2. The fraction of sp³-hybridized carbons (Fsp3) is 0.562. The maximum Gasteiger partial charge on any atom is 0.0985 e. The van der Waals surface area contributed by atoms with E-state index in [0.717, 1.165) is 6.54 Å². The van der Waals surface area contributed by atoms with Crippen LogP contribution in [0.4, 0.5) is 0 Å². The summed E-state index contributed by atoms with van der Waals surface area (Å²) in [6.07, 6.45) is 0. The number of hydrogen-bond acceptors (Lipinski definition) is 4. The first-order chi connectivity index (χ1) is 9.27. The minimum Gasteiger partial charge on any atom is -0.304 e. The summed E-state index contributed by atoms with van der Waals surface area (Å²) in [5.41, 5.74) is 1.31. The fourth-order valence-corrected chi connectivity index (χ4v) is 4.05. The van der Waals surface area contributed by atoms with Crippen LogP contribution in [-0.4, -0.2) is 4.98 Å². The lowest BCUT2D eigenvalue weighted by Crippen LogP contribution is -2.17. The molecule has 0 aliphatic carbocycles. The molecule has 1 unspecified atom stereocenters. The van der Waals surface area contributed by atoms with Gasteiger partial charge in [0.15, 0.2) is 0 Å². The van der Waals surface area contributed by atoms with Gasteiger partial charge in [-0.1, -0.05) is 20.8 Å². The maximum absolute atomic E-state index is 4.74. The summed E-state index contributed by atoms with van der Waals surface area (Å²) in [7, 11) is 0. The van der Waals surface area contributed by atoms with Gasteiger partial charge in [-0.15, -0.1) is 22.7 Å². The number of hydrogen-bond donors (Lipinski definition) is 1. The third-order valence-corrected chi connectivity index (χ3v) is 6.01. The Morgan fingerprint density at radius 1 is 1.20 bits per heavy atom. The van der Waals surface area contributed by atoms with Gasteiger partial charge in [0.1, 0.15) is 0 Å². The van der Waals surface area contributed by atoms with E-state index < -0.39 is 0 Å². The average Bonchev–Trinajstić information content (AvgIpc) is 2.92. The Morgan fingerprint density at radius 3 is 2.40 bits per heavy atom. The highest BCUT2D eigenvalue weighted by atomic mass is 32.1. The third kappa shape index (κ3) is 3.68. The molecule has 0 aliphatic heterocycles. The van der Waals surface area contributed by atoms with E-state index in [1.54, 1.807) is 0 Å². The summed E-state index contributed by atoms with van der Waals surface area (Å²) >= 11 is 3.71. The van der Waals surface area contributed by atoms with Crippen molar-refractivity contribution in [1.82, 2.24) is 10.3 Å². The molecule has 2 rings (SSSR count). The average molecular weight is 309 g/mol. The van der Waals surface area contributed by atoms with Gasteiger partial charge in [-0.25, -0.2) is 4.98 Å². The first-order valence-electron chi connectivity index (χ1n) is 7.04. The molecule has 0 radical (unpaired) electrons. The highest BCUT2D eigenvalue weighted by Gasteiger charge is 2.22.